The molecule has 0 amide bonds. The Morgan fingerprint density at radius 3 is 2.70 bits per heavy atom. The fourth-order valence-electron chi connectivity index (χ4n) is 3.53. The zero-order valence-corrected chi connectivity index (χ0v) is 16.1. The van der Waals surface area contributed by atoms with Crippen molar-refractivity contribution in [2.75, 3.05) is 11.9 Å². The van der Waals surface area contributed by atoms with Gasteiger partial charge in [-0.3, -0.25) is 0 Å². The first kappa shape index (κ1) is 17.6. The molecule has 0 N–H and O–H groups in total. The van der Waals surface area contributed by atoms with E-state index in [9.17, 15) is 0 Å². The van der Waals surface area contributed by atoms with Crippen LogP contribution in [0.4, 0.5) is 11.4 Å². The number of fused-ring (bicyclic) bond motifs is 1. The minimum absolute atomic E-state index is 0.323. The number of halogens is 1. The second-order valence-corrected chi connectivity index (χ2v) is 7.42. The van der Waals surface area contributed by atoms with Gasteiger partial charge in [0.05, 0.1) is 12.3 Å². The molecule has 0 unspecified atom stereocenters. The van der Waals surface area contributed by atoms with Gasteiger partial charge in [-0.15, -0.1) is 0 Å². The van der Waals surface area contributed by atoms with Crippen molar-refractivity contribution in [3.05, 3.63) is 75.9 Å². The first-order chi connectivity index (χ1) is 13.0. The van der Waals surface area contributed by atoms with Crippen molar-refractivity contribution in [1.82, 2.24) is 4.98 Å². The predicted octanol–water partition coefficient (Wildman–Crippen LogP) is 5.85. The molecular formula is C22H20ClN3O. The molecule has 1 aromatic heterocycles. The zero-order valence-electron chi connectivity index (χ0n) is 15.4. The van der Waals surface area contributed by atoms with Crippen LogP contribution in [-0.4, -0.2) is 18.1 Å². The number of hydrogen-bond acceptors (Lipinski definition) is 3. The van der Waals surface area contributed by atoms with Crippen LogP contribution >= 0.6 is 11.6 Å². The summed E-state index contributed by atoms with van der Waals surface area (Å²) in [4.78, 5) is 10.4. The van der Waals surface area contributed by atoms with Crippen LogP contribution in [0.3, 0.4) is 0 Å². The van der Waals surface area contributed by atoms with Crippen molar-refractivity contribution in [2.45, 2.75) is 32.2 Å². The normalized spacial score (nSPS) is 15.9. The number of likely N-dealkylation sites (N-methyl/N-ethyl adjacent to an activating group) is 1. The lowest BCUT2D eigenvalue weighted by molar-refractivity contribution is 0.456. The van der Waals surface area contributed by atoms with E-state index < -0.39 is 0 Å². The molecule has 1 heterocycles. The third-order valence-corrected chi connectivity index (χ3v) is 5.52. The number of hydrogen-bond donors (Lipinski definition) is 0. The fourth-order valence-corrected chi connectivity index (χ4v) is 3.75. The van der Waals surface area contributed by atoms with Crippen LogP contribution in [-0.2, 0) is 12.8 Å². The number of rotatable bonds is 3. The van der Waals surface area contributed by atoms with Crippen molar-refractivity contribution in [1.29, 1.82) is 0 Å². The molecule has 0 fully saturated rings. The molecule has 0 radical (unpaired) electrons. The number of benzene rings is 2. The van der Waals surface area contributed by atoms with Gasteiger partial charge in [-0.2, -0.15) is 0 Å². The van der Waals surface area contributed by atoms with Crippen LogP contribution < -0.4 is 4.90 Å². The van der Waals surface area contributed by atoms with Crippen molar-refractivity contribution in [2.24, 2.45) is 0 Å². The maximum atomic E-state index is 7.13. The molecule has 0 saturated heterocycles. The maximum Gasteiger partial charge on any atom is 0.226 e. The third kappa shape index (κ3) is 3.43. The molecule has 2 aromatic carbocycles. The Bertz CT molecular complexity index is 1020. The summed E-state index contributed by atoms with van der Waals surface area (Å²) < 4.78 is 6.03. The summed E-state index contributed by atoms with van der Waals surface area (Å²) in [5.41, 5.74) is 4.78. The zero-order chi connectivity index (χ0) is 19.0. The van der Waals surface area contributed by atoms with Crippen LogP contribution in [0, 0.1) is 13.5 Å². The smallest absolute Gasteiger partial charge is 0.226 e. The van der Waals surface area contributed by atoms with Crippen molar-refractivity contribution >= 4 is 23.0 Å². The van der Waals surface area contributed by atoms with Gasteiger partial charge in [0.2, 0.25) is 11.6 Å². The second kappa shape index (κ2) is 7.09. The first-order valence-electron chi connectivity index (χ1n) is 9.00. The Kier molecular flexibility index (Phi) is 4.63. The fraction of sp³-hybridized carbons (Fsp3) is 0.273. The molecule has 4 nitrogen and oxygen atoms in total. The molecule has 3 aromatic rings. The Morgan fingerprint density at radius 2 is 2.00 bits per heavy atom. The number of anilines is 1. The van der Waals surface area contributed by atoms with Gasteiger partial charge in [-0.1, -0.05) is 35.4 Å². The van der Waals surface area contributed by atoms with E-state index in [0.717, 1.165) is 42.0 Å². The Morgan fingerprint density at radius 1 is 1.22 bits per heavy atom. The molecule has 1 aliphatic carbocycles. The van der Waals surface area contributed by atoms with Crippen molar-refractivity contribution in [3.8, 4) is 11.5 Å². The topological polar surface area (TPSA) is 33.6 Å². The van der Waals surface area contributed by atoms with Gasteiger partial charge in [-0.25, -0.2) is 9.83 Å². The second-order valence-electron chi connectivity index (χ2n) is 7.01. The molecule has 0 aliphatic heterocycles. The van der Waals surface area contributed by atoms with E-state index in [-0.39, 0.29) is 0 Å². The summed E-state index contributed by atoms with van der Waals surface area (Å²) in [6, 6.07) is 14.2. The molecule has 27 heavy (non-hydrogen) atoms. The maximum absolute atomic E-state index is 7.13. The average Bonchev–Trinajstić information content (AvgIpc) is 3.11. The molecule has 0 spiro atoms. The standard InChI is InChI=1S/C22H20ClN3O/c1-14-4-6-15(7-5-14)22-25-20-13-17(9-11-21(20)27-22)26(3)16-8-10-19(24-2)18(23)12-16/h4-8,10,12,17H,9,11,13H2,1,3H3/t17-/m1/s1. The van der Waals surface area contributed by atoms with Gasteiger partial charge in [0.15, 0.2) is 0 Å². The lowest BCUT2D eigenvalue weighted by Gasteiger charge is -2.32. The Balaban J connectivity index is 1.55. The minimum atomic E-state index is 0.323. The predicted molar refractivity (Wildman–Crippen MR) is 109 cm³/mol. The van der Waals surface area contributed by atoms with E-state index in [1.807, 2.05) is 12.1 Å². The summed E-state index contributed by atoms with van der Waals surface area (Å²) in [7, 11) is 2.07. The number of oxazole rings is 1. The Hall–Kier alpha value is -2.77. The summed E-state index contributed by atoms with van der Waals surface area (Å²) >= 11 is 6.21. The van der Waals surface area contributed by atoms with Crippen molar-refractivity contribution < 1.29 is 4.42 Å². The highest BCUT2D eigenvalue weighted by molar-refractivity contribution is 6.33. The van der Waals surface area contributed by atoms with E-state index in [2.05, 4.69) is 48.0 Å². The van der Waals surface area contributed by atoms with E-state index in [0.29, 0.717) is 22.6 Å². The van der Waals surface area contributed by atoms with Gasteiger partial charge >= 0.3 is 0 Å². The molecule has 136 valence electrons. The average molecular weight is 378 g/mol. The summed E-state index contributed by atoms with van der Waals surface area (Å²) in [5, 5.41) is 0.494. The molecule has 5 heteroatoms. The lowest BCUT2D eigenvalue weighted by Crippen LogP contribution is -2.36. The highest BCUT2D eigenvalue weighted by atomic mass is 35.5. The van der Waals surface area contributed by atoms with E-state index in [4.69, 9.17) is 27.6 Å². The molecule has 1 aliphatic rings. The van der Waals surface area contributed by atoms with Crippen molar-refractivity contribution in [3.63, 3.8) is 0 Å². The first-order valence-corrected chi connectivity index (χ1v) is 9.38. The van der Waals surface area contributed by atoms with Gasteiger partial charge in [-0.05, 0) is 37.6 Å². The van der Waals surface area contributed by atoms with Gasteiger partial charge in [0.25, 0.3) is 0 Å². The SMILES string of the molecule is [C-]#[N+]c1ccc(N(C)[C@@H]2CCc3oc(-c4ccc(C)cc4)nc3C2)cc1Cl. The molecule has 0 bridgehead atoms. The summed E-state index contributed by atoms with van der Waals surface area (Å²) in [6.45, 7) is 9.20. The van der Waals surface area contributed by atoms with E-state index >= 15 is 0 Å². The number of nitrogens with zero attached hydrogens (tertiary/aromatic N) is 3. The quantitative estimate of drug-likeness (QED) is 0.537. The van der Waals surface area contributed by atoms with E-state index in [1.54, 1.807) is 6.07 Å². The molecule has 4 rings (SSSR count). The molecular weight excluding hydrogens is 358 g/mol. The largest absolute Gasteiger partial charge is 0.441 e. The lowest BCUT2D eigenvalue weighted by atomic mass is 9.95. The highest BCUT2D eigenvalue weighted by Gasteiger charge is 2.27. The molecule has 1 atom stereocenters. The number of aromatic nitrogens is 1. The van der Waals surface area contributed by atoms with Crippen LogP contribution in [0.25, 0.3) is 16.3 Å². The monoisotopic (exact) mass is 377 g/mol. The highest BCUT2D eigenvalue weighted by Crippen LogP contribution is 2.33. The van der Waals surface area contributed by atoms with Gasteiger partial charge < -0.3 is 9.32 Å². The third-order valence-electron chi connectivity index (χ3n) is 5.22. The van der Waals surface area contributed by atoms with Crippen LogP contribution in [0.5, 0.6) is 0 Å². The van der Waals surface area contributed by atoms with Gasteiger partial charge in [0, 0.05) is 42.2 Å². The summed E-state index contributed by atoms with van der Waals surface area (Å²) in [5.74, 6) is 1.70. The van der Waals surface area contributed by atoms with Crippen LogP contribution in [0.15, 0.2) is 46.9 Å². The minimum Gasteiger partial charge on any atom is -0.441 e. The van der Waals surface area contributed by atoms with Crippen LogP contribution in [0.1, 0.15) is 23.4 Å². The Labute approximate surface area is 164 Å². The molecule has 0 saturated carbocycles. The summed E-state index contributed by atoms with van der Waals surface area (Å²) in [6.07, 6.45) is 2.70. The number of aryl methyl sites for hydroxylation is 2. The van der Waals surface area contributed by atoms with E-state index in [1.165, 1.54) is 5.56 Å². The van der Waals surface area contributed by atoms with Crippen LogP contribution in [0.2, 0.25) is 5.02 Å². The van der Waals surface area contributed by atoms with Gasteiger partial charge in [0.1, 0.15) is 5.76 Å².